The Labute approximate surface area is 238 Å². The first-order valence-corrected chi connectivity index (χ1v) is 13.6. The van der Waals surface area contributed by atoms with Gasteiger partial charge in [-0.3, -0.25) is 9.59 Å². The van der Waals surface area contributed by atoms with E-state index >= 15 is 0 Å². The van der Waals surface area contributed by atoms with Crippen LogP contribution in [0, 0.1) is 5.82 Å². The number of carbonyl (C=O) groups is 2. The lowest BCUT2D eigenvalue weighted by Gasteiger charge is -2.23. The monoisotopic (exact) mass is 580 g/mol. The number of hydrogen-bond acceptors (Lipinski definition) is 4. The van der Waals surface area contributed by atoms with E-state index in [-0.39, 0.29) is 30.3 Å². The summed E-state index contributed by atoms with van der Waals surface area (Å²) < 4.78 is 60.9. The van der Waals surface area contributed by atoms with Gasteiger partial charge in [0.1, 0.15) is 29.3 Å². The number of rotatable bonds is 8. The van der Waals surface area contributed by atoms with Crippen LogP contribution in [0.5, 0.6) is 5.75 Å². The van der Waals surface area contributed by atoms with Crippen molar-refractivity contribution in [1.29, 1.82) is 0 Å². The van der Waals surface area contributed by atoms with E-state index < -0.39 is 41.6 Å². The minimum absolute atomic E-state index is 0.00108. The van der Waals surface area contributed by atoms with Gasteiger partial charge in [-0.1, -0.05) is 0 Å². The molecule has 0 bridgehead atoms. The Morgan fingerprint density at radius 2 is 1.88 bits per heavy atom. The number of primary amides is 1. The molecule has 2 amide bonds. The number of ether oxygens (including phenoxy) is 1. The SMILES string of the molecule is C[C@]1(C(N)=O)COc2c1cc([C@@H](CNC(=O)c1ccc3[nH]c(C4CC4)cc3c1)CC(F)(F)F)nc2-c1ccc(F)cc1. The van der Waals surface area contributed by atoms with Crippen molar-refractivity contribution in [1.82, 2.24) is 15.3 Å². The van der Waals surface area contributed by atoms with Gasteiger partial charge in [0.05, 0.1) is 6.42 Å². The second-order valence-electron chi connectivity index (χ2n) is 11.3. The highest BCUT2D eigenvalue weighted by Crippen LogP contribution is 2.46. The van der Waals surface area contributed by atoms with Crippen LogP contribution in [0.25, 0.3) is 22.2 Å². The van der Waals surface area contributed by atoms with Gasteiger partial charge in [-0.25, -0.2) is 9.37 Å². The molecule has 0 saturated heterocycles. The van der Waals surface area contributed by atoms with Crippen LogP contribution < -0.4 is 15.8 Å². The van der Waals surface area contributed by atoms with Crippen molar-refractivity contribution in [3.63, 3.8) is 0 Å². The van der Waals surface area contributed by atoms with E-state index in [1.165, 1.54) is 30.3 Å². The molecule has 4 aromatic rings. The highest BCUT2D eigenvalue weighted by atomic mass is 19.4. The molecule has 1 aliphatic carbocycles. The van der Waals surface area contributed by atoms with E-state index in [2.05, 4.69) is 15.3 Å². The van der Waals surface area contributed by atoms with E-state index in [1.807, 2.05) is 6.07 Å². The maximum Gasteiger partial charge on any atom is 0.389 e. The summed E-state index contributed by atoms with van der Waals surface area (Å²) in [6.45, 7) is 1.05. The smallest absolute Gasteiger partial charge is 0.389 e. The van der Waals surface area contributed by atoms with E-state index in [1.54, 1.807) is 25.1 Å². The molecule has 3 heterocycles. The second-order valence-corrected chi connectivity index (χ2v) is 11.3. The first kappa shape index (κ1) is 27.7. The lowest BCUT2D eigenvalue weighted by atomic mass is 9.82. The van der Waals surface area contributed by atoms with E-state index in [9.17, 15) is 27.2 Å². The highest BCUT2D eigenvalue weighted by molar-refractivity contribution is 5.98. The number of H-pyrrole nitrogens is 1. The fraction of sp³-hybridized carbons (Fsp3) is 0.323. The molecule has 1 saturated carbocycles. The number of nitrogens with one attached hydrogen (secondary N) is 2. The summed E-state index contributed by atoms with van der Waals surface area (Å²) in [7, 11) is 0. The number of fused-ring (bicyclic) bond motifs is 2. The third-order valence-corrected chi connectivity index (χ3v) is 8.08. The van der Waals surface area contributed by atoms with Gasteiger partial charge >= 0.3 is 6.18 Å². The molecule has 6 rings (SSSR count). The lowest BCUT2D eigenvalue weighted by molar-refractivity contribution is -0.138. The van der Waals surface area contributed by atoms with Crippen molar-refractivity contribution in [2.45, 2.75) is 49.6 Å². The molecule has 1 fully saturated rings. The summed E-state index contributed by atoms with van der Waals surface area (Å²) in [6, 6.07) is 13.8. The van der Waals surface area contributed by atoms with Crippen LogP contribution in [0.2, 0.25) is 0 Å². The summed E-state index contributed by atoms with van der Waals surface area (Å²) in [5.74, 6) is -2.34. The Bertz CT molecular complexity index is 1700. The first-order chi connectivity index (χ1) is 19.9. The molecule has 2 aromatic heterocycles. The predicted octanol–water partition coefficient (Wildman–Crippen LogP) is 5.85. The van der Waals surface area contributed by atoms with E-state index in [4.69, 9.17) is 10.5 Å². The van der Waals surface area contributed by atoms with Crippen molar-refractivity contribution in [3.05, 3.63) is 82.9 Å². The van der Waals surface area contributed by atoms with Crippen LogP contribution in [0.4, 0.5) is 17.6 Å². The standard InChI is InChI=1S/C31H28F4N4O3/c1-30(29(36)41)15-42-27-22(30)12-25(39-26(27)17-4-7-21(32)8-5-17)20(13-31(33,34)35)14-37-28(40)18-6-9-23-19(10-18)11-24(38-23)16-2-3-16/h4-12,16,20,38H,2-3,13-15H2,1H3,(H2,36,41)(H,37,40)/t20-,30+/m1/s1. The van der Waals surface area contributed by atoms with Gasteiger partial charge in [0.25, 0.3) is 5.91 Å². The summed E-state index contributed by atoms with van der Waals surface area (Å²) >= 11 is 0. The number of nitrogens with zero attached hydrogens (tertiary/aromatic N) is 1. The summed E-state index contributed by atoms with van der Waals surface area (Å²) in [5.41, 5.74) is 7.52. The zero-order valence-corrected chi connectivity index (χ0v) is 22.6. The molecule has 11 heteroatoms. The summed E-state index contributed by atoms with van der Waals surface area (Å²) in [4.78, 5) is 33.4. The Morgan fingerprint density at radius 1 is 1.14 bits per heavy atom. The quantitative estimate of drug-likeness (QED) is 0.227. The lowest BCUT2D eigenvalue weighted by Crippen LogP contribution is -2.40. The van der Waals surface area contributed by atoms with Crippen molar-refractivity contribution in [2.24, 2.45) is 5.73 Å². The molecule has 0 unspecified atom stereocenters. The van der Waals surface area contributed by atoms with Gasteiger partial charge in [0.15, 0.2) is 0 Å². The topological polar surface area (TPSA) is 110 Å². The number of aromatic amines is 1. The van der Waals surface area contributed by atoms with Gasteiger partial charge in [-0.2, -0.15) is 13.2 Å². The molecule has 4 N–H and O–H groups in total. The van der Waals surface area contributed by atoms with Gasteiger partial charge in [0.2, 0.25) is 5.91 Å². The highest BCUT2D eigenvalue weighted by Gasteiger charge is 2.45. The van der Waals surface area contributed by atoms with Gasteiger partial charge in [0, 0.05) is 51.4 Å². The zero-order valence-electron chi connectivity index (χ0n) is 22.6. The average Bonchev–Trinajstić information content (AvgIpc) is 3.62. The number of carbonyl (C=O) groups excluding carboxylic acids is 2. The molecule has 218 valence electrons. The maximum absolute atomic E-state index is 13.8. The van der Waals surface area contributed by atoms with Crippen LogP contribution in [0.3, 0.4) is 0 Å². The molecule has 2 aromatic carbocycles. The number of nitrogens with two attached hydrogens (primary N) is 1. The maximum atomic E-state index is 13.8. The van der Waals surface area contributed by atoms with Crippen molar-refractivity contribution in [2.75, 3.05) is 13.2 Å². The average molecular weight is 581 g/mol. The minimum Gasteiger partial charge on any atom is -0.489 e. The Hall–Kier alpha value is -4.41. The van der Waals surface area contributed by atoms with Crippen LogP contribution in [-0.4, -0.2) is 41.1 Å². The summed E-state index contributed by atoms with van der Waals surface area (Å²) in [6.07, 6.45) is -3.63. The van der Waals surface area contributed by atoms with Gasteiger partial charge < -0.3 is 20.8 Å². The first-order valence-electron chi connectivity index (χ1n) is 13.6. The molecule has 2 aliphatic rings. The van der Waals surface area contributed by atoms with Crippen LogP contribution >= 0.6 is 0 Å². The molecule has 2 atom stereocenters. The normalized spacial score (nSPS) is 18.9. The molecule has 0 radical (unpaired) electrons. The molecular weight excluding hydrogens is 552 g/mol. The zero-order chi connectivity index (χ0) is 29.8. The van der Waals surface area contributed by atoms with Crippen molar-refractivity contribution >= 4 is 22.7 Å². The largest absolute Gasteiger partial charge is 0.489 e. The molecular formula is C31H28F4N4O3. The number of benzene rings is 2. The molecule has 0 spiro atoms. The number of amides is 2. The third kappa shape index (κ3) is 5.31. The molecule has 1 aliphatic heterocycles. The van der Waals surface area contributed by atoms with E-state index in [0.29, 0.717) is 22.6 Å². The fourth-order valence-corrected chi connectivity index (χ4v) is 5.41. The molecule has 42 heavy (non-hydrogen) atoms. The van der Waals surface area contributed by atoms with Crippen LogP contribution in [0.15, 0.2) is 54.6 Å². The number of pyridine rings is 1. The van der Waals surface area contributed by atoms with Crippen LogP contribution in [0.1, 0.15) is 65.3 Å². The predicted molar refractivity (Wildman–Crippen MR) is 148 cm³/mol. The number of halogens is 4. The van der Waals surface area contributed by atoms with Crippen molar-refractivity contribution in [3.8, 4) is 17.0 Å². The fourth-order valence-electron chi connectivity index (χ4n) is 5.41. The summed E-state index contributed by atoms with van der Waals surface area (Å²) in [5, 5.41) is 3.50. The number of hydrogen-bond donors (Lipinski definition) is 3. The Kier molecular flexibility index (Phi) is 6.70. The molecule has 7 nitrogen and oxygen atoms in total. The van der Waals surface area contributed by atoms with Gasteiger partial charge in [-0.05, 0) is 80.3 Å². The minimum atomic E-state index is -4.58. The van der Waals surface area contributed by atoms with E-state index in [0.717, 1.165) is 29.4 Å². The third-order valence-electron chi connectivity index (χ3n) is 8.08. The van der Waals surface area contributed by atoms with Crippen molar-refractivity contribution < 1.29 is 31.9 Å². The van der Waals surface area contributed by atoms with Crippen LogP contribution in [-0.2, 0) is 10.2 Å². The second kappa shape index (κ2) is 10.1. The number of alkyl halides is 3. The Morgan fingerprint density at radius 3 is 2.55 bits per heavy atom. The Balaban J connectivity index is 1.34. The number of aromatic nitrogens is 2. The van der Waals surface area contributed by atoms with Gasteiger partial charge in [-0.15, -0.1) is 0 Å².